The van der Waals surface area contributed by atoms with Crippen molar-refractivity contribution in [2.45, 2.75) is 20.8 Å². The molecular weight excluding hydrogens is 216 g/mol. The van der Waals surface area contributed by atoms with Gasteiger partial charge in [0.2, 0.25) is 0 Å². The monoisotopic (exact) mass is 228 g/mol. The molecule has 0 aliphatic rings. The van der Waals surface area contributed by atoms with Crippen LogP contribution >= 0.6 is 0 Å². The van der Waals surface area contributed by atoms with E-state index in [1.165, 1.54) is 4.68 Å². The number of nitrogen functional groups attached to an aromatic ring is 1. The van der Waals surface area contributed by atoms with Crippen molar-refractivity contribution in [3.8, 4) is 11.9 Å². The fraction of sp³-hybridized carbons (Fsp3) is 0.273. The number of nitrogens with zero attached hydrogens (tertiary/aromatic N) is 5. The Labute approximate surface area is 98.7 Å². The topological polar surface area (TPSA) is 93.4 Å². The van der Waals surface area contributed by atoms with Gasteiger partial charge >= 0.3 is 0 Å². The molecule has 0 spiro atoms. The summed E-state index contributed by atoms with van der Waals surface area (Å²) in [5.74, 6) is 0.837. The zero-order valence-electron chi connectivity index (χ0n) is 9.89. The van der Waals surface area contributed by atoms with Gasteiger partial charge in [-0.2, -0.15) is 10.4 Å². The van der Waals surface area contributed by atoms with E-state index in [0.29, 0.717) is 17.2 Å². The summed E-state index contributed by atoms with van der Waals surface area (Å²) in [5.41, 5.74) is 8.54. The van der Waals surface area contributed by atoms with E-state index in [9.17, 15) is 5.26 Å². The molecule has 2 heterocycles. The number of aryl methyl sites for hydroxylation is 2. The van der Waals surface area contributed by atoms with Gasteiger partial charge in [-0.1, -0.05) is 0 Å². The van der Waals surface area contributed by atoms with E-state index in [4.69, 9.17) is 5.73 Å². The molecule has 0 aromatic carbocycles. The number of hydrogen-bond donors (Lipinski definition) is 1. The molecule has 0 aliphatic carbocycles. The first-order valence-corrected chi connectivity index (χ1v) is 5.10. The summed E-state index contributed by atoms with van der Waals surface area (Å²) < 4.78 is 1.49. The molecule has 2 aromatic heterocycles. The fourth-order valence-corrected chi connectivity index (χ4v) is 1.47. The van der Waals surface area contributed by atoms with Crippen LogP contribution < -0.4 is 5.73 Å². The van der Waals surface area contributed by atoms with Crippen LogP contribution in [0.2, 0.25) is 0 Å². The second-order valence-electron chi connectivity index (χ2n) is 3.86. The van der Waals surface area contributed by atoms with Crippen molar-refractivity contribution in [1.82, 2.24) is 20.0 Å². The Morgan fingerprint density at radius 2 is 2.00 bits per heavy atom. The normalized spacial score (nSPS) is 10.2. The van der Waals surface area contributed by atoms with E-state index < -0.39 is 0 Å². The summed E-state index contributed by atoms with van der Waals surface area (Å²) in [7, 11) is 0. The summed E-state index contributed by atoms with van der Waals surface area (Å²) in [4.78, 5) is 0. The van der Waals surface area contributed by atoms with Crippen molar-refractivity contribution < 1.29 is 0 Å². The van der Waals surface area contributed by atoms with Gasteiger partial charge in [-0.3, -0.25) is 0 Å². The standard InChI is InChI=1S/C11H12N6/c1-6-5-17(16-10(6)13)11-9(4-12)7(2)8(3)14-15-11/h5H,1-3H3,(H2,13,16). The minimum atomic E-state index is 0.412. The van der Waals surface area contributed by atoms with Crippen molar-refractivity contribution in [3.05, 3.63) is 28.6 Å². The van der Waals surface area contributed by atoms with E-state index in [2.05, 4.69) is 21.4 Å². The number of hydrogen-bond acceptors (Lipinski definition) is 5. The average Bonchev–Trinajstić information content (AvgIpc) is 2.62. The van der Waals surface area contributed by atoms with E-state index in [-0.39, 0.29) is 0 Å². The highest BCUT2D eigenvalue weighted by atomic mass is 15.4. The van der Waals surface area contributed by atoms with Crippen molar-refractivity contribution in [2.24, 2.45) is 0 Å². The summed E-state index contributed by atoms with van der Waals surface area (Å²) in [6, 6.07) is 2.13. The first-order chi connectivity index (χ1) is 8.04. The Bertz CT molecular complexity index is 600. The summed E-state index contributed by atoms with van der Waals surface area (Å²) >= 11 is 0. The Hall–Kier alpha value is -2.42. The lowest BCUT2D eigenvalue weighted by Gasteiger charge is -2.06. The van der Waals surface area contributed by atoms with Gasteiger partial charge in [0, 0.05) is 11.8 Å². The molecular formula is C11H12N6. The summed E-state index contributed by atoms with van der Waals surface area (Å²) in [6.07, 6.45) is 1.73. The van der Waals surface area contributed by atoms with E-state index in [0.717, 1.165) is 16.8 Å². The molecule has 0 atom stereocenters. The quantitative estimate of drug-likeness (QED) is 0.787. The van der Waals surface area contributed by atoms with Crippen molar-refractivity contribution >= 4 is 5.82 Å². The van der Waals surface area contributed by atoms with Crippen LogP contribution in [-0.4, -0.2) is 20.0 Å². The van der Waals surface area contributed by atoms with Crippen LogP contribution in [0.4, 0.5) is 5.82 Å². The van der Waals surface area contributed by atoms with Crippen LogP contribution in [0.3, 0.4) is 0 Å². The molecule has 0 amide bonds. The first kappa shape index (κ1) is 11.1. The van der Waals surface area contributed by atoms with Gasteiger partial charge in [0.05, 0.1) is 5.69 Å². The third-order valence-electron chi connectivity index (χ3n) is 2.70. The number of aromatic nitrogens is 4. The number of nitrogens with two attached hydrogens (primary N) is 1. The molecule has 0 saturated heterocycles. The van der Waals surface area contributed by atoms with Gasteiger partial charge in [-0.25, -0.2) is 4.68 Å². The fourth-order valence-electron chi connectivity index (χ4n) is 1.47. The van der Waals surface area contributed by atoms with E-state index in [1.54, 1.807) is 6.20 Å². The summed E-state index contributed by atoms with van der Waals surface area (Å²) in [5, 5.41) is 21.3. The average molecular weight is 228 g/mol. The van der Waals surface area contributed by atoms with E-state index in [1.807, 2.05) is 20.8 Å². The van der Waals surface area contributed by atoms with Crippen LogP contribution in [0.25, 0.3) is 5.82 Å². The molecule has 0 aliphatic heterocycles. The maximum atomic E-state index is 9.17. The highest BCUT2D eigenvalue weighted by Gasteiger charge is 2.14. The maximum absolute atomic E-state index is 9.17. The molecule has 2 aromatic rings. The molecule has 2 N–H and O–H groups in total. The second kappa shape index (κ2) is 3.87. The van der Waals surface area contributed by atoms with Gasteiger partial charge in [-0.15, -0.1) is 10.2 Å². The second-order valence-corrected chi connectivity index (χ2v) is 3.86. The van der Waals surface area contributed by atoms with Crippen molar-refractivity contribution in [2.75, 3.05) is 5.73 Å². The first-order valence-electron chi connectivity index (χ1n) is 5.10. The minimum Gasteiger partial charge on any atom is -0.382 e. The van der Waals surface area contributed by atoms with Crippen LogP contribution in [0.5, 0.6) is 0 Å². The van der Waals surface area contributed by atoms with Crippen LogP contribution in [0.15, 0.2) is 6.20 Å². The predicted molar refractivity (Wildman–Crippen MR) is 62.5 cm³/mol. The molecule has 6 heteroatoms. The zero-order chi connectivity index (χ0) is 12.6. The molecule has 0 unspecified atom stereocenters. The molecule has 2 rings (SSSR count). The van der Waals surface area contributed by atoms with Crippen LogP contribution in [-0.2, 0) is 0 Å². The molecule has 0 radical (unpaired) electrons. The van der Waals surface area contributed by atoms with Gasteiger partial charge < -0.3 is 5.73 Å². The summed E-state index contributed by atoms with van der Waals surface area (Å²) in [6.45, 7) is 5.50. The lowest BCUT2D eigenvalue weighted by atomic mass is 10.1. The molecule has 17 heavy (non-hydrogen) atoms. The Kier molecular flexibility index (Phi) is 2.52. The largest absolute Gasteiger partial charge is 0.382 e. The number of rotatable bonds is 1. The van der Waals surface area contributed by atoms with E-state index >= 15 is 0 Å². The number of nitriles is 1. The highest BCUT2D eigenvalue weighted by molar-refractivity contribution is 5.50. The minimum absolute atomic E-state index is 0.412. The molecule has 86 valence electrons. The Balaban J connectivity index is 2.68. The highest BCUT2D eigenvalue weighted by Crippen LogP contribution is 2.18. The zero-order valence-corrected chi connectivity index (χ0v) is 9.89. The molecule has 0 saturated carbocycles. The van der Waals surface area contributed by atoms with Gasteiger partial charge in [-0.05, 0) is 26.3 Å². The van der Waals surface area contributed by atoms with Crippen LogP contribution in [0.1, 0.15) is 22.4 Å². The van der Waals surface area contributed by atoms with Gasteiger partial charge in [0.25, 0.3) is 0 Å². The molecule has 0 fully saturated rings. The lowest BCUT2D eigenvalue weighted by molar-refractivity contribution is 0.799. The molecule has 0 bridgehead atoms. The predicted octanol–water partition coefficient (Wildman–Crippen LogP) is 1.04. The van der Waals surface area contributed by atoms with Crippen molar-refractivity contribution in [3.63, 3.8) is 0 Å². The van der Waals surface area contributed by atoms with Gasteiger partial charge in [0.15, 0.2) is 5.82 Å². The number of anilines is 1. The van der Waals surface area contributed by atoms with Crippen molar-refractivity contribution in [1.29, 1.82) is 5.26 Å². The lowest BCUT2D eigenvalue weighted by Crippen LogP contribution is -2.07. The third kappa shape index (κ3) is 1.72. The SMILES string of the molecule is Cc1cn(-c2nnc(C)c(C)c2C#N)nc1N. The van der Waals surface area contributed by atoms with Gasteiger partial charge in [0.1, 0.15) is 17.5 Å². The molecule has 6 nitrogen and oxygen atoms in total. The van der Waals surface area contributed by atoms with Crippen LogP contribution in [0, 0.1) is 32.1 Å². The third-order valence-corrected chi connectivity index (χ3v) is 2.70. The smallest absolute Gasteiger partial charge is 0.193 e. The maximum Gasteiger partial charge on any atom is 0.193 e. The Morgan fingerprint density at radius 3 is 2.53 bits per heavy atom. The Morgan fingerprint density at radius 1 is 1.29 bits per heavy atom.